The summed E-state index contributed by atoms with van der Waals surface area (Å²) in [5.41, 5.74) is 5.78. The van der Waals surface area contributed by atoms with E-state index in [0.29, 0.717) is 24.1 Å². The first-order chi connectivity index (χ1) is 17.3. The average molecular weight is 515 g/mol. The van der Waals surface area contributed by atoms with Crippen LogP contribution in [0.1, 0.15) is 90.8 Å². The van der Waals surface area contributed by atoms with Crippen molar-refractivity contribution in [1.82, 2.24) is 15.5 Å². The van der Waals surface area contributed by atoms with Crippen molar-refractivity contribution in [3.8, 4) is 12.3 Å². The molecule has 0 heterocycles. The van der Waals surface area contributed by atoms with Gasteiger partial charge in [-0.3, -0.25) is 14.4 Å². The summed E-state index contributed by atoms with van der Waals surface area (Å²) in [5, 5.41) is 5.41. The minimum atomic E-state index is -1.32. The summed E-state index contributed by atoms with van der Waals surface area (Å²) in [7, 11) is 0. The number of hydrogen-bond donors (Lipinski definition) is 3. The molecule has 0 aliphatic rings. The van der Waals surface area contributed by atoms with Gasteiger partial charge < -0.3 is 26.0 Å². The van der Waals surface area contributed by atoms with Gasteiger partial charge in [0, 0.05) is 18.2 Å². The Balaban J connectivity index is 3.49. The van der Waals surface area contributed by atoms with Gasteiger partial charge in [-0.15, -0.1) is 6.42 Å². The zero-order chi connectivity index (χ0) is 28.2. The van der Waals surface area contributed by atoms with Crippen LogP contribution in [-0.4, -0.2) is 52.9 Å². The Morgan fingerprint density at radius 3 is 2.22 bits per heavy atom. The molecule has 1 rings (SSSR count). The van der Waals surface area contributed by atoms with Crippen LogP contribution in [0.4, 0.5) is 4.79 Å². The third kappa shape index (κ3) is 10.5. The molecule has 0 bridgehead atoms. The summed E-state index contributed by atoms with van der Waals surface area (Å²) in [6.07, 6.45) is 7.44. The van der Waals surface area contributed by atoms with Gasteiger partial charge in [-0.2, -0.15) is 0 Å². The lowest BCUT2D eigenvalue weighted by atomic mass is 9.98. The van der Waals surface area contributed by atoms with Gasteiger partial charge >= 0.3 is 6.09 Å². The van der Waals surface area contributed by atoms with E-state index in [9.17, 15) is 19.2 Å². The van der Waals surface area contributed by atoms with Crippen LogP contribution in [0.5, 0.6) is 0 Å². The molecule has 9 heteroatoms. The number of hydrogen-bond acceptors (Lipinski definition) is 5. The number of carbonyl (C=O) groups excluding carboxylic acids is 4. The molecule has 0 spiro atoms. The fourth-order valence-corrected chi connectivity index (χ4v) is 3.71. The summed E-state index contributed by atoms with van der Waals surface area (Å²) < 4.78 is 5.29. The highest BCUT2D eigenvalue weighted by Crippen LogP contribution is 2.27. The molecule has 37 heavy (non-hydrogen) atoms. The first-order valence-electron chi connectivity index (χ1n) is 12.8. The maximum atomic E-state index is 13.9. The Hall–Kier alpha value is -3.54. The number of unbranched alkanes of at least 4 members (excludes halogenated alkanes) is 2. The Morgan fingerprint density at radius 1 is 1.11 bits per heavy atom. The Labute approximate surface area is 220 Å². The maximum Gasteiger partial charge on any atom is 0.408 e. The molecule has 204 valence electrons. The second-order valence-electron chi connectivity index (χ2n) is 10.0. The molecule has 0 aliphatic carbocycles. The number of ether oxygens (including phenoxy) is 1. The molecule has 0 saturated carbocycles. The predicted octanol–water partition coefficient (Wildman–Crippen LogP) is 3.41. The number of nitrogens with one attached hydrogen (secondary N) is 2. The third-order valence-electron chi connectivity index (χ3n) is 5.71. The number of amides is 4. The largest absolute Gasteiger partial charge is 0.444 e. The van der Waals surface area contributed by atoms with Gasteiger partial charge in [0.05, 0.1) is 6.42 Å². The molecule has 0 radical (unpaired) electrons. The minimum Gasteiger partial charge on any atom is -0.444 e. The average Bonchev–Trinajstić information content (AvgIpc) is 2.82. The lowest BCUT2D eigenvalue weighted by Gasteiger charge is -2.38. The fourth-order valence-electron chi connectivity index (χ4n) is 3.71. The van der Waals surface area contributed by atoms with Crippen LogP contribution in [0, 0.1) is 12.3 Å². The number of carbonyl (C=O) groups is 4. The first kappa shape index (κ1) is 31.5. The van der Waals surface area contributed by atoms with Crippen LogP contribution < -0.4 is 16.4 Å². The molecule has 4 amide bonds. The summed E-state index contributed by atoms with van der Waals surface area (Å²) in [6, 6.07) is 4.06. The molecular formula is C28H42N4O5. The molecule has 9 nitrogen and oxygen atoms in total. The van der Waals surface area contributed by atoms with Gasteiger partial charge in [0.1, 0.15) is 17.7 Å². The normalized spacial score (nSPS) is 13.4. The zero-order valence-electron chi connectivity index (χ0n) is 22.9. The quantitative estimate of drug-likeness (QED) is 0.274. The lowest BCUT2D eigenvalue weighted by molar-refractivity contribution is -0.145. The van der Waals surface area contributed by atoms with Gasteiger partial charge in [0.15, 0.2) is 0 Å². The van der Waals surface area contributed by atoms with E-state index < -0.39 is 48.1 Å². The van der Waals surface area contributed by atoms with Gasteiger partial charge in [-0.25, -0.2) is 4.79 Å². The maximum absolute atomic E-state index is 13.9. The molecule has 0 saturated heterocycles. The van der Waals surface area contributed by atoms with E-state index in [-0.39, 0.29) is 5.91 Å². The summed E-state index contributed by atoms with van der Waals surface area (Å²) in [4.78, 5) is 53.2. The van der Waals surface area contributed by atoms with Crippen molar-refractivity contribution in [3.05, 3.63) is 35.4 Å². The third-order valence-corrected chi connectivity index (χ3v) is 5.71. The van der Waals surface area contributed by atoms with E-state index in [1.54, 1.807) is 52.0 Å². The van der Waals surface area contributed by atoms with E-state index >= 15 is 0 Å². The lowest BCUT2D eigenvalue weighted by Crippen LogP contribution is -2.56. The zero-order valence-corrected chi connectivity index (χ0v) is 22.9. The number of benzene rings is 1. The highest BCUT2D eigenvalue weighted by atomic mass is 16.6. The highest BCUT2D eigenvalue weighted by Gasteiger charge is 2.39. The van der Waals surface area contributed by atoms with Gasteiger partial charge in [-0.1, -0.05) is 44.7 Å². The Bertz CT molecular complexity index is 962. The number of primary amides is 1. The van der Waals surface area contributed by atoms with Crippen molar-refractivity contribution in [2.24, 2.45) is 5.73 Å². The SMILES string of the molecule is C#Cc1ccc(C(C(=O)NCCCCC)N(C(=O)C(CC(N)=O)NC(=O)OC(C)(C)C)C(C)CC)cc1. The number of alkyl carbamates (subject to hydrolysis) is 1. The van der Waals surface area contributed by atoms with E-state index in [2.05, 4.69) is 23.5 Å². The molecular weight excluding hydrogens is 472 g/mol. The molecule has 4 N–H and O–H groups in total. The molecule has 0 fully saturated rings. The van der Waals surface area contributed by atoms with Crippen molar-refractivity contribution in [1.29, 1.82) is 0 Å². The van der Waals surface area contributed by atoms with Crippen molar-refractivity contribution in [3.63, 3.8) is 0 Å². The second kappa shape index (κ2) is 14.9. The number of nitrogens with two attached hydrogens (primary N) is 1. The fraction of sp³-hybridized carbons (Fsp3) is 0.571. The van der Waals surface area contributed by atoms with E-state index in [1.807, 2.05) is 6.92 Å². The van der Waals surface area contributed by atoms with Crippen LogP contribution >= 0.6 is 0 Å². The van der Waals surface area contributed by atoms with Crippen LogP contribution in [0.15, 0.2) is 24.3 Å². The van der Waals surface area contributed by atoms with Gasteiger partial charge in [-0.05, 0) is 58.2 Å². The van der Waals surface area contributed by atoms with Crippen LogP contribution in [0.3, 0.4) is 0 Å². The van der Waals surface area contributed by atoms with Crippen LogP contribution in [-0.2, 0) is 19.1 Å². The molecule has 0 aliphatic heterocycles. The Kier molecular flexibility index (Phi) is 12.7. The Morgan fingerprint density at radius 2 is 1.73 bits per heavy atom. The molecule has 3 unspecified atom stereocenters. The molecule has 1 aromatic rings. The predicted molar refractivity (Wildman–Crippen MR) is 143 cm³/mol. The highest BCUT2D eigenvalue weighted by molar-refractivity contribution is 5.94. The van der Waals surface area contributed by atoms with E-state index in [1.165, 1.54) is 4.90 Å². The summed E-state index contributed by atoms with van der Waals surface area (Å²) in [6.45, 7) is 11.3. The molecule has 3 atom stereocenters. The molecule has 0 aromatic heterocycles. The monoisotopic (exact) mass is 514 g/mol. The van der Waals surface area contributed by atoms with Crippen molar-refractivity contribution < 1.29 is 23.9 Å². The number of nitrogens with zero attached hydrogens (tertiary/aromatic N) is 1. The topological polar surface area (TPSA) is 131 Å². The summed E-state index contributed by atoms with van der Waals surface area (Å²) in [5.74, 6) is 0.778. The van der Waals surface area contributed by atoms with Crippen molar-refractivity contribution >= 4 is 23.8 Å². The van der Waals surface area contributed by atoms with E-state index in [0.717, 1.165) is 19.3 Å². The number of terminal acetylenes is 1. The standard InChI is InChI=1S/C28H42N4O5/c1-8-11-12-17-30-25(34)24(21-15-13-20(10-3)14-16-21)32(19(4)9-2)26(35)22(18-23(29)33)31-27(36)37-28(5,6)7/h3,13-16,19,22,24H,8-9,11-12,17-18H2,1-2,4-7H3,(H2,29,33)(H,30,34)(H,31,36). The molecule has 1 aromatic carbocycles. The van der Waals surface area contributed by atoms with Crippen molar-refractivity contribution in [2.45, 2.75) is 97.4 Å². The minimum absolute atomic E-state index is 0.367. The number of rotatable bonds is 13. The smallest absolute Gasteiger partial charge is 0.408 e. The first-order valence-corrected chi connectivity index (χ1v) is 12.8. The van der Waals surface area contributed by atoms with Crippen LogP contribution in [0.25, 0.3) is 0 Å². The van der Waals surface area contributed by atoms with Gasteiger partial charge in [0.25, 0.3) is 0 Å². The van der Waals surface area contributed by atoms with Gasteiger partial charge in [0.2, 0.25) is 17.7 Å². The van der Waals surface area contributed by atoms with Crippen LogP contribution in [0.2, 0.25) is 0 Å². The second-order valence-corrected chi connectivity index (χ2v) is 10.0. The summed E-state index contributed by atoms with van der Waals surface area (Å²) >= 11 is 0. The van der Waals surface area contributed by atoms with E-state index in [4.69, 9.17) is 16.9 Å². The van der Waals surface area contributed by atoms with Crippen molar-refractivity contribution in [2.75, 3.05) is 6.54 Å².